The van der Waals surface area contributed by atoms with E-state index in [0.717, 1.165) is 28.9 Å². The molecule has 1 aromatic carbocycles. The first-order valence-electron chi connectivity index (χ1n) is 11.2. The molecule has 0 atom stereocenters. The summed E-state index contributed by atoms with van der Waals surface area (Å²) in [5.74, 6) is 0.832. The number of aryl methyl sites for hydroxylation is 1. The van der Waals surface area contributed by atoms with Crippen molar-refractivity contribution in [3.05, 3.63) is 60.2 Å². The highest BCUT2D eigenvalue weighted by molar-refractivity contribution is 6.01. The Morgan fingerprint density at radius 2 is 1.88 bits per heavy atom. The summed E-state index contributed by atoms with van der Waals surface area (Å²) in [4.78, 5) is 34.3. The van der Waals surface area contributed by atoms with Crippen LogP contribution in [0.2, 0.25) is 0 Å². The summed E-state index contributed by atoms with van der Waals surface area (Å²) >= 11 is 0. The number of aromatic amines is 1. The standard InChI is InChI=1S/C25H27N5O3/c1-17-3-4-18(14-26-17)23(31)29-10-7-25(8-11-29)9-12-30(24(25)32)20-5-6-21(22(13-20)33-2)19-15-27-28-16-19/h3-6,13-16H,7-12H2,1-2H3,(H,27,28). The lowest BCUT2D eigenvalue weighted by atomic mass is 9.77. The first kappa shape index (κ1) is 21.2. The Balaban J connectivity index is 1.30. The Bertz CT molecular complexity index is 1170. The fourth-order valence-corrected chi connectivity index (χ4v) is 4.93. The zero-order chi connectivity index (χ0) is 23.0. The molecule has 0 aliphatic carbocycles. The van der Waals surface area contributed by atoms with Gasteiger partial charge in [0.05, 0.1) is 24.3 Å². The Hall–Kier alpha value is -3.68. The minimum absolute atomic E-state index is 0.0146. The van der Waals surface area contributed by atoms with Gasteiger partial charge in [-0.05, 0) is 50.5 Å². The van der Waals surface area contributed by atoms with Crippen molar-refractivity contribution in [2.24, 2.45) is 5.41 Å². The largest absolute Gasteiger partial charge is 0.496 e. The molecule has 2 aromatic heterocycles. The molecule has 2 amide bonds. The molecule has 5 rings (SSSR count). The van der Waals surface area contributed by atoms with Gasteiger partial charge in [0.25, 0.3) is 5.91 Å². The number of benzene rings is 1. The molecule has 0 bridgehead atoms. The maximum atomic E-state index is 13.5. The van der Waals surface area contributed by atoms with E-state index in [0.29, 0.717) is 43.8 Å². The molecule has 2 fully saturated rings. The number of nitrogens with zero attached hydrogens (tertiary/aromatic N) is 4. The number of nitrogens with one attached hydrogen (secondary N) is 1. The first-order valence-corrected chi connectivity index (χ1v) is 11.2. The maximum Gasteiger partial charge on any atom is 0.255 e. The van der Waals surface area contributed by atoms with E-state index < -0.39 is 5.41 Å². The van der Waals surface area contributed by atoms with E-state index in [2.05, 4.69) is 15.2 Å². The van der Waals surface area contributed by atoms with Gasteiger partial charge in [-0.15, -0.1) is 0 Å². The molecule has 3 aromatic rings. The summed E-state index contributed by atoms with van der Waals surface area (Å²) in [7, 11) is 1.63. The quantitative estimate of drug-likeness (QED) is 0.664. The second-order valence-electron chi connectivity index (χ2n) is 8.84. The molecular weight excluding hydrogens is 418 g/mol. The molecule has 2 saturated heterocycles. The summed E-state index contributed by atoms with van der Waals surface area (Å²) in [5.41, 5.74) is 3.78. The first-order chi connectivity index (χ1) is 16.0. The maximum absolute atomic E-state index is 13.5. The molecule has 8 heteroatoms. The van der Waals surface area contributed by atoms with Crippen LogP contribution in [0.15, 0.2) is 48.9 Å². The zero-order valence-electron chi connectivity index (χ0n) is 18.9. The highest BCUT2D eigenvalue weighted by Crippen LogP contribution is 2.44. The van der Waals surface area contributed by atoms with Crippen LogP contribution in [0.5, 0.6) is 5.75 Å². The zero-order valence-corrected chi connectivity index (χ0v) is 18.9. The van der Waals surface area contributed by atoms with E-state index in [-0.39, 0.29) is 11.8 Å². The van der Waals surface area contributed by atoms with Gasteiger partial charge in [0.1, 0.15) is 5.75 Å². The van der Waals surface area contributed by atoms with E-state index in [9.17, 15) is 9.59 Å². The molecular formula is C25H27N5O3. The van der Waals surface area contributed by atoms with Crippen LogP contribution in [0.4, 0.5) is 5.69 Å². The molecule has 33 heavy (non-hydrogen) atoms. The van der Waals surface area contributed by atoms with Crippen LogP contribution in [0.25, 0.3) is 11.1 Å². The normalized spacial score (nSPS) is 17.6. The van der Waals surface area contributed by atoms with E-state index in [1.165, 1.54) is 0 Å². The van der Waals surface area contributed by atoms with Crippen molar-refractivity contribution in [1.82, 2.24) is 20.1 Å². The van der Waals surface area contributed by atoms with Crippen LogP contribution in [-0.2, 0) is 4.79 Å². The molecule has 0 unspecified atom stereocenters. The van der Waals surface area contributed by atoms with Crippen molar-refractivity contribution in [3.8, 4) is 16.9 Å². The predicted octanol–water partition coefficient (Wildman–Crippen LogP) is 3.45. The number of aromatic nitrogens is 3. The number of hydrogen-bond donors (Lipinski definition) is 1. The number of methoxy groups -OCH3 is 1. The van der Waals surface area contributed by atoms with Crippen LogP contribution >= 0.6 is 0 Å². The van der Waals surface area contributed by atoms with Gasteiger partial charge in [-0.1, -0.05) is 0 Å². The molecule has 1 spiro atoms. The van der Waals surface area contributed by atoms with Gasteiger partial charge < -0.3 is 14.5 Å². The number of pyridine rings is 1. The van der Waals surface area contributed by atoms with Crippen LogP contribution in [0.1, 0.15) is 35.3 Å². The summed E-state index contributed by atoms with van der Waals surface area (Å²) < 4.78 is 5.60. The van der Waals surface area contributed by atoms with E-state index in [1.54, 1.807) is 19.5 Å². The minimum Gasteiger partial charge on any atom is -0.496 e. The monoisotopic (exact) mass is 445 g/mol. The van der Waals surface area contributed by atoms with Crippen molar-refractivity contribution in [1.29, 1.82) is 0 Å². The van der Waals surface area contributed by atoms with Gasteiger partial charge >= 0.3 is 0 Å². The molecule has 0 radical (unpaired) electrons. The van der Waals surface area contributed by atoms with Crippen molar-refractivity contribution in [2.45, 2.75) is 26.2 Å². The molecule has 2 aliphatic rings. The van der Waals surface area contributed by atoms with Crippen molar-refractivity contribution in [2.75, 3.05) is 31.6 Å². The third-order valence-electron chi connectivity index (χ3n) is 6.98. The van der Waals surface area contributed by atoms with Gasteiger partial charge in [-0.25, -0.2) is 0 Å². The SMILES string of the molecule is COc1cc(N2CCC3(CCN(C(=O)c4ccc(C)nc4)CC3)C2=O)ccc1-c1cn[nH]c1. The number of ether oxygens (including phenoxy) is 1. The molecule has 0 saturated carbocycles. The number of carbonyl (C=O) groups excluding carboxylic acids is 2. The second-order valence-corrected chi connectivity index (χ2v) is 8.84. The van der Waals surface area contributed by atoms with Crippen molar-refractivity contribution >= 4 is 17.5 Å². The van der Waals surface area contributed by atoms with Crippen molar-refractivity contribution < 1.29 is 14.3 Å². The Labute approximate surface area is 192 Å². The van der Waals surface area contributed by atoms with E-state index in [4.69, 9.17) is 4.74 Å². The average Bonchev–Trinajstić information content (AvgIpc) is 3.49. The van der Waals surface area contributed by atoms with Gasteiger partial charge in [0.2, 0.25) is 5.91 Å². The Kier molecular flexibility index (Phi) is 5.36. The van der Waals surface area contributed by atoms with E-state index >= 15 is 0 Å². The Morgan fingerprint density at radius 1 is 1.09 bits per heavy atom. The molecule has 4 heterocycles. The highest BCUT2D eigenvalue weighted by atomic mass is 16.5. The van der Waals surface area contributed by atoms with Gasteiger partial charge in [0.15, 0.2) is 0 Å². The van der Waals surface area contributed by atoms with Gasteiger partial charge in [-0.2, -0.15) is 5.10 Å². The Morgan fingerprint density at radius 3 is 2.55 bits per heavy atom. The van der Waals surface area contributed by atoms with Crippen LogP contribution in [0, 0.1) is 12.3 Å². The summed E-state index contributed by atoms with van der Waals surface area (Å²) in [6.45, 7) is 3.73. The average molecular weight is 446 g/mol. The topological polar surface area (TPSA) is 91.4 Å². The number of piperidine rings is 1. The predicted molar refractivity (Wildman–Crippen MR) is 124 cm³/mol. The number of amides is 2. The lowest BCUT2D eigenvalue weighted by Gasteiger charge is -2.38. The number of likely N-dealkylation sites (tertiary alicyclic amines) is 1. The number of H-pyrrole nitrogens is 1. The number of anilines is 1. The minimum atomic E-state index is -0.404. The highest BCUT2D eigenvalue weighted by Gasteiger charge is 2.49. The number of carbonyl (C=O) groups is 2. The van der Waals surface area contributed by atoms with Crippen LogP contribution in [0.3, 0.4) is 0 Å². The fraction of sp³-hybridized carbons (Fsp3) is 0.360. The van der Waals surface area contributed by atoms with E-state index in [1.807, 2.05) is 53.3 Å². The third-order valence-corrected chi connectivity index (χ3v) is 6.98. The summed E-state index contributed by atoms with van der Waals surface area (Å²) in [5, 5.41) is 6.83. The van der Waals surface area contributed by atoms with Gasteiger partial charge in [-0.3, -0.25) is 19.7 Å². The lowest BCUT2D eigenvalue weighted by molar-refractivity contribution is -0.127. The van der Waals surface area contributed by atoms with Gasteiger partial charge in [0, 0.05) is 60.6 Å². The fourth-order valence-electron chi connectivity index (χ4n) is 4.93. The van der Waals surface area contributed by atoms with Crippen LogP contribution < -0.4 is 9.64 Å². The summed E-state index contributed by atoms with van der Waals surface area (Å²) in [6.07, 6.45) is 7.34. The molecule has 1 N–H and O–H groups in total. The number of rotatable bonds is 4. The third kappa shape index (κ3) is 3.75. The van der Waals surface area contributed by atoms with Crippen LogP contribution in [-0.4, -0.2) is 58.6 Å². The summed E-state index contributed by atoms with van der Waals surface area (Å²) in [6, 6.07) is 9.52. The van der Waals surface area contributed by atoms with Crippen molar-refractivity contribution in [3.63, 3.8) is 0 Å². The smallest absolute Gasteiger partial charge is 0.255 e. The molecule has 2 aliphatic heterocycles. The molecule has 170 valence electrons. The number of hydrogen-bond acceptors (Lipinski definition) is 5. The molecule has 8 nitrogen and oxygen atoms in total. The second kappa shape index (κ2) is 8.35. The lowest BCUT2D eigenvalue weighted by Crippen LogP contribution is -2.46.